The molecule has 0 N–H and O–H groups in total. The summed E-state index contributed by atoms with van der Waals surface area (Å²) < 4.78 is 13.3. The van der Waals surface area contributed by atoms with Gasteiger partial charge in [-0.3, -0.25) is 0 Å². The lowest BCUT2D eigenvalue weighted by atomic mass is 9.88. The molecule has 5 aromatic rings. The summed E-state index contributed by atoms with van der Waals surface area (Å²) >= 11 is 0. The molecule has 62 heavy (non-hydrogen) atoms. The highest BCUT2D eigenvalue weighted by Crippen LogP contribution is 2.46. The van der Waals surface area contributed by atoms with Gasteiger partial charge < -0.3 is 9.47 Å². The molecule has 4 aromatic carbocycles. The standard InChI is InChI=1S/C24H16N6O.C18H11N3O.C6H5N3/c1-24(2)22(19(13-25)23(31-24)20(14-26)27-3)17-11-9-16(10-12-17)21-15-30(29-28-21)18-7-5-4-6-8-18;1-6-12-7-9-13(10-8-12)15-14(11-19)16(17(20-4)21-5)22-18(15,2)3;7-9-8-6-4-2-1-3-5-6/h4-12,15H,1-2H3;1,7-10H,2-3H3;1-5H/b23-20-;;. The number of nitriles is 3. The van der Waals surface area contributed by atoms with E-state index in [-0.39, 0.29) is 34.2 Å². The van der Waals surface area contributed by atoms with Crippen LogP contribution in [0.4, 0.5) is 5.69 Å². The van der Waals surface area contributed by atoms with E-state index in [4.69, 9.17) is 41.1 Å². The number of para-hydroxylation sites is 1. The molecule has 0 fully saturated rings. The zero-order valence-corrected chi connectivity index (χ0v) is 33.7. The van der Waals surface area contributed by atoms with Crippen LogP contribution in [0, 0.1) is 66.1 Å². The Morgan fingerprint density at radius 2 is 1.21 bits per heavy atom. The summed E-state index contributed by atoms with van der Waals surface area (Å²) in [6.45, 7) is 28.5. The van der Waals surface area contributed by atoms with Crippen molar-refractivity contribution >= 4 is 16.8 Å². The second-order valence-corrected chi connectivity index (χ2v) is 13.9. The van der Waals surface area contributed by atoms with Gasteiger partial charge in [-0.2, -0.15) is 20.2 Å². The van der Waals surface area contributed by atoms with Gasteiger partial charge in [-0.15, -0.1) is 11.5 Å². The lowest BCUT2D eigenvalue weighted by Crippen LogP contribution is -2.20. The van der Waals surface area contributed by atoms with Crippen molar-refractivity contribution in [2.24, 2.45) is 5.11 Å². The normalized spacial score (nSPS) is 14.6. The Hall–Kier alpha value is -9.61. The minimum Gasteiger partial charge on any atom is -0.492 e. The van der Waals surface area contributed by atoms with Crippen LogP contribution in [0.2, 0.25) is 0 Å². The van der Waals surface area contributed by atoms with Gasteiger partial charge in [-0.05, 0) is 68.6 Å². The smallest absolute Gasteiger partial charge is 0.492 e. The van der Waals surface area contributed by atoms with Crippen LogP contribution in [-0.4, -0.2) is 26.2 Å². The second-order valence-electron chi connectivity index (χ2n) is 13.9. The third-order valence-corrected chi connectivity index (χ3v) is 9.18. The summed E-state index contributed by atoms with van der Waals surface area (Å²) in [7, 11) is 0. The monoisotopic (exact) mass is 808 g/mol. The van der Waals surface area contributed by atoms with E-state index < -0.39 is 11.2 Å². The van der Waals surface area contributed by atoms with Crippen LogP contribution < -0.4 is 0 Å². The van der Waals surface area contributed by atoms with Crippen LogP contribution in [0.25, 0.3) is 53.1 Å². The summed E-state index contributed by atoms with van der Waals surface area (Å²) in [4.78, 5) is 12.1. The van der Waals surface area contributed by atoms with E-state index in [9.17, 15) is 15.8 Å². The minimum absolute atomic E-state index is 0.0369. The zero-order chi connectivity index (χ0) is 44.9. The van der Waals surface area contributed by atoms with Crippen molar-refractivity contribution < 1.29 is 9.47 Å². The van der Waals surface area contributed by atoms with Crippen molar-refractivity contribution in [1.29, 1.82) is 15.8 Å². The molecule has 0 saturated heterocycles. The molecule has 0 atom stereocenters. The molecule has 296 valence electrons. The van der Waals surface area contributed by atoms with Crippen molar-refractivity contribution in [3.63, 3.8) is 0 Å². The molecule has 0 amide bonds. The lowest BCUT2D eigenvalue weighted by molar-refractivity contribution is 0.108. The Labute approximate surface area is 358 Å². The number of hydrogen-bond acceptors (Lipinski definition) is 8. The third-order valence-electron chi connectivity index (χ3n) is 9.18. The first-order valence-corrected chi connectivity index (χ1v) is 18.3. The van der Waals surface area contributed by atoms with Gasteiger partial charge in [0, 0.05) is 32.9 Å². The van der Waals surface area contributed by atoms with Gasteiger partial charge in [0.05, 0.1) is 35.7 Å². The summed E-state index contributed by atoms with van der Waals surface area (Å²) in [6, 6.07) is 39.4. The van der Waals surface area contributed by atoms with E-state index in [1.807, 2.05) is 111 Å². The van der Waals surface area contributed by atoms with Crippen LogP contribution in [0.1, 0.15) is 44.4 Å². The lowest BCUT2D eigenvalue weighted by Gasteiger charge is -2.23. The molecular weight excluding hydrogens is 777 g/mol. The fourth-order valence-corrected chi connectivity index (χ4v) is 6.51. The van der Waals surface area contributed by atoms with E-state index in [0.717, 1.165) is 27.9 Å². The van der Waals surface area contributed by atoms with Crippen LogP contribution in [-0.2, 0) is 9.47 Å². The van der Waals surface area contributed by atoms with E-state index in [1.165, 1.54) is 0 Å². The summed E-state index contributed by atoms with van der Waals surface area (Å²) in [5.41, 5.74) is 13.3. The zero-order valence-electron chi connectivity index (χ0n) is 33.7. The van der Waals surface area contributed by atoms with Crippen LogP contribution in [0.15, 0.2) is 155 Å². The van der Waals surface area contributed by atoms with E-state index in [2.05, 4.69) is 52.9 Å². The Morgan fingerprint density at radius 1 is 0.710 bits per heavy atom. The number of ether oxygens (including phenoxy) is 2. The van der Waals surface area contributed by atoms with E-state index >= 15 is 0 Å². The molecule has 0 spiro atoms. The predicted molar refractivity (Wildman–Crippen MR) is 231 cm³/mol. The molecule has 7 rings (SSSR count). The van der Waals surface area contributed by atoms with Crippen molar-refractivity contribution in [2.45, 2.75) is 38.9 Å². The van der Waals surface area contributed by atoms with Gasteiger partial charge in [-0.1, -0.05) is 101 Å². The predicted octanol–water partition coefficient (Wildman–Crippen LogP) is 11.1. The minimum atomic E-state index is -0.856. The van der Waals surface area contributed by atoms with Crippen molar-refractivity contribution in [3.05, 3.63) is 211 Å². The van der Waals surface area contributed by atoms with E-state index in [1.54, 1.807) is 42.8 Å². The fourth-order valence-electron chi connectivity index (χ4n) is 6.51. The molecule has 0 saturated carbocycles. The van der Waals surface area contributed by atoms with Crippen molar-refractivity contribution in [2.75, 3.05) is 0 Å². The van der Waals surface area contributed by atoms with Gasteiger partial charge in [-0.25, -0.2) is 14.8 Å². The maximum absolute atomic E-state index is 9.73. The topological polar surface area (TPSA) is 182 Å². The molecule has 14 heteroatoms. The number of aromatic nitrogens is 3. The van der Waals surface area contributed by atoms with Gasteiger partial charge in [0.15, 0.2) is 5.76 Å². The number of allylic oxidation sites excluding steroid dienone is 3. The molecule has 3 heterocycles. The second kappa shape index (κ2) is 19.2. The Bertz CT molecular complexity index is 2980. The Morgan fingerprint density at radius 3 is 1.69 bits per heavy atom. The molecular formula is C48H32N12O2. The average molecular weight is 809 g/mol. The Kier molecular flexibility index (Phi) is 13.5. The molecule has 2 aliphatic rings. The van der Waals surface area contributed by atoms with Crippen molar-refractivity contribution in [3.8, 4) is 47.5 Å². The summed E-state index contributed by atoms with van der Waals surface area (Å²) in [5, 5.41) is 40.3. The maximum Gasteiger partial charge on any atom is 0.563 e. The summed E-state index contributed by atoms with van der Waals surface area (Å²) in [6.07, 6.45) is 7.19. The average Bonchev–Trinajstić information content (AvgIpc) is 3.97. The summed E-state index contributed by atoms with van der Waals surface area (Å²) in [5.74, 6) is 2.38. The first kappa shape index (κ1) is 43.5. The highest BCUT2D eigenvalue weighted by Gasteiger charge is 2.43. The SMILES string of the molecule is [C-]#[N+]/C(C#N)=C1\OC(C)(C)C(c2ccc(-c3cn(-c4ccccc4)nn3)cc2)=C1C#N.[C-]#[N+]C([N+]#[C-])=C1OC(C)(C)C(c2ccc(C#C)cc2)=C1C#N.[N-]=[N+]=Nc1ccccc1. The quantitative estimate of drug-likeness (QED) is 0.0422. The number of nitrogens with zero attached hydrogens (tertiary/aromatic N) is 12. The van der Waals surface area contributed by atoms with Crippen LogP contribution >= 0.6 is 0 Å². The molecule has 0 bridgehead atoms. The molecule has 0 aliphatic carbocycles. The number of benzene rings is 4. The first-order valence-electron chi connectivity index (χ1n) is 18.3. The molecule has 0 radical (unpaired) electrons. The molecule has 2 aliphatic heterocycles. The maximum atomic E-state index is 9.73. The van der Waals surface area contributed by atoms with Crippen LogP contribution in [0.5, 0.6) is 0 Å². The number of hydrogen-bond donors (Lipinski definition) is 0. The Balaban J connectivity index is 0.000000203. The van der Waals surface area contributed by atoms with Gasteiger partial charge in [0.1, 0.15) is 42.2 Å². The number of rotatable bonds is 5. The van der Waals surface area contributed by atoms with Gasteiger partial charge in [0.2, 0.25) is 5.76 Å². The number of terminal acetylenes is 1. The number of azide groups is 1. The highest BCUT2D eigenvalue weighted by molar-refractivity contribution is 5.85. The largest absolute Gasteiger partial charge is 0.563 e. The van der Waals surface area contributed by atoms with E-state index in [0.29, 0.717) is 22.5 Å². The molecule has 14 nitrogen and oxygen atoms in total. The fraction of sp³-hybridized carbons (Fsp3) is 0.125. The molecule has 0 unspecified atom stereocenters. The third kappa shape index (κ3) is 9.39. The molecule has 1 aromatic heterocycles. The van der Waals surface area contributed by atoms with Crippen LogP contribution in [0.3, 0.4) is 0 Å². The first-order chi connectivity index (χ1) is 29.9. The highest BCUT2D eigenvalue weighted by atomic mass is 16.5. The van der Waals surface area contributed by atoms with Gasteiger partial charge in [0.25, 0.3) is 0 Å². The van der Waals surface area contributed by atoms with Gasteiger partial charge >= 0.3 is 11.5 Å². The van der Waals surface area contributed by atoms with Crippen molar-refractivity contribution in [1.82, 2.24) is 15.0 Å².